The quantitative estimate of drug-likeness (QED) is 0.511. The molecule has 1 N–H and O–H groups in total. The Morgan fingerprint density at radius 3 is 2.89 bits per heavy atom. The van der Waals surface area contributed by atoms with Crippen LogP contribution in [0.15, 0.2) is 33.0 Å². The number of hydrogen-bond acceptors (Lipinski definition) is 7. The smallest absolute Gasteiger partial charge is 0.343 e. The van der Waals surface area contributed by atoms with Gasteiger partial charge >= 0.3 is 5.69 Å². The molecular weight excluding hydrogens is 268 g/mol. The number of hydrogen-bond donors (Lipinski definition) is 1. The lowest BCUT2D eigenvalue weighted by atomic mass is 10.4. The molecule has 2 aromatic heterocycles. The molecule has 2 aromatic rings. The summed E-state index contributed by atoms with van der Waals surface area (Å²) in [6, 6.07) is 1.75. The Hall–Kier alpha value is -2.09. The lowest BCUT2D eigenvalue weighted by molar-refractivity contribution is -0.387. The minimum atomic E-state index is -0.476. The van der Waals surface area contributed by atoms with Gasteiger partial charge in [-0.15, -0.1) is 0 Å². The summed E-state index contributed by atoms with van der Waals surface area (Å²) in [5.41, 5.74) is -0.116. The first-order valence-electron chi connectivity index (χ1n) is 5.58. The molecule has 0 amide bonds. The highest BCUT2D eigenvalue weighted by atomic mass is 32.2. The fourth-order valence-electron chi connectivity index (χ4n) is 1.48. The molecule has 0 radical (unpaired) electrons. The van der Waals surface area contributed by atoms with Gasteiger partial charge in [0.05, 0.1) is 16.1 Å². The standard InChI is InChI=1S/C11H12N4O3S/c1-3-12-10-9(15(16)17)11(14-6-13-10)19-8-4-5-18-7(8)2/h4-6H,3H2,1-2H3,(H,12,13,14). The maximum absolute atomic E-state index is 11.2. The second-order valence-electron chi connectivity index (χ2n) is 3.61. The van der Waals surface area contributed by atoms with Crippen LogP contribution in [0.3, 0.4) is 0 Å². The van der Waals surface area contributed by atoms with Gasteiger partial charge in [-0.3, -0.25) is 10.1 Å². The molecular formula is C11H12N4O3S. The van der Waals surface area contributed by atoms with Crippen LogP contribution in [-0.2, 0) is 0 Å². The van der Waals surface area contributed by atoms with E-state index in [9.17, 15) is 10.1 Å². The van der Waals surface area contributed by atoms with Crippen molar-refractivity contribution in [2.45, 2.75) is 23.8 Å². The molecule has 0 saturated heterocycles. The van der Waals surface area contributed by atoms with Gasteiger partial charge < -0.3 is 9.73 Å². The van der Waals surface area contributed by atoms with Crippen LogP contribution < -0.4 is 5.32 Å². The zero-order valence-electron chi connectivity index (χ0n) is 10.4. The van der Waals surface area contributed by atoms with E-state index in [1.165, 1.54) is 24.4 Å². The Labute approximate surface area is 113 Å². The SMILES string of the molecule is CCNc1ncnc(Sc2ccoc2C)c1[N+](=O)[O-]. The molecule has 0 fully saturated rings. The zero-order valence-corrected chi connectivity index (χ0v) is 11.2. The van der Waals surface area contributed by atoms with E-state index in [1.807, 2.05) is 6.92 Å². The van der Waals surface area contributed by atoms with Crippen molar-refractivity contribution in [1.29, 1.82) is 0 Å². The molecule has 0 unspecified atom stereocenters. The lowest BCUT2D eigenvalue weighted by Crippen LogP contribution is -2.05. The Bertz CT molecular complexity index is 599. The summed E-state index contributed by atoms with van der Waals surface area (Å²) in [7, 11) is 0. The van der Waals surface area contributed by atoms with Crippen LogP contribution in [0.1, 0.15) is 12.7 Å². The van der Waals surface area contributed by atoms with Crippen molar-refractivity contribution in [2.75, 3.05) is 11.9 Å². The normalized spacial score (nSPS) is 10.4. The molecule has 100 valence electrons. The number of furan rings is 1. The third-order valence-corrected chi connectivity index (χ3v) is 3.47. The van der Waals surface area contributed by atoms with E-state index < -0.39 is 4.92 Å². The monoisotopic (exact) mass is 280 g/mol. The van der Waals surface area contributed by atoms with Crippen molar-refractivity contribution in [1.82, 2.24) is 9.97 Å². The number of aryl methyl sites for hydroxylation is 1. The van der Waals surface area contributed by atoms with Crippen molar-refractivity contribution in [3.05, 3.63) is 34.5 Å². The molecule has 7 nitrogen and oxygen atoms in total. The van der Waals surface area contributed by atoms with Gasteiger partial charge in [0.2, 0.25) is 5.82 Å². The third kappa shape index (κ3) is 2.84. The molecule has 0 atom stereocenters. The van der Waals surface area contributed by atoms with E-state index in [0.717, 1.165) is 4.90 Å². The highest BCUT2D eigenvalue weighted by molar-refractivity contribution is 7.99. The van der Waals surface area contributed by atoms with E-state index in [-0.39, 0.29) is 11.5 Å². The van der Waals surface area contributed by atoms with Crippen LogP contribution in [0.2, 0.25) is 0 Å². The van der Waals surface area contributed by atoms with Crippen molar-refractivity contribution in [2.24, 2.45) is 0 Å². The summed E-state index contributed by atoms with van der Waals surface area (Å²) >= 11 is 1.19. The predicted octanol–water partition coefficient (Wildman–Crippen LogP) is 2.87. The van der Waals surface area contributed by atoms with Gasteiger partial charge in [0.15, 0.2) is 5.03 Å². The summed E-state index contributed by atoms with van der Waals surface area (Å²) in [6.07, 6.45) is 2.85. The van der Waals surface area contributed by atoms with Crippen molar-refractivity contribution in [3.8, 4) is 0 Å². The topological polar surface area (TPSA) is 94.1 Å². The highest BCUT2D eigenvalue weighted by Gasteiger charge is 2.24. The van der Waals surface area contributed by atoms with Crippen molar-refractivity contribution in [3.63, 3.8) is 0 Å². The van der Waals surface area contributed by atoms with Crippen molar-refractivity contribution < 1.29 is 9.34 Å². The summed E-state index contributed by atoms with van der Waals surface area (Å²) in [4.78, 5) is 19.4. The molecule has 2 rings (SSSR count). The van der Waals surface area contributed by atoms with E-state index >= 15 is 0 Å². The average molecular weight is 280 g/mol. The molecule has 0 bridgehead atoms. The van der Waals surface area contributed by atoms with E-state index in [1.54, 1.807) is 13.0 Å². The zero-order chi connectivity index (χ0) is 13.8. The maximum atomic E-state index is 11.2. The summed E-state index contributed by atoms with van der Waals surface area (Å²) in [6.45, 7) is 4.19. The molecule has 0 spiro atoms. The van der Waals surface area contributed by atoms with Crippen LogP contribution in [0, 0.1) is 17.0 Å². The second kappa shape index (κ2) is 5.70. The van der Waals surface area contributed by atoms with Crippen LogP contribution in [0.25, 0.3) is 0 Å². The molecule has 0 saturated carbocycles. The molecule has 0 aromatic carbocycles. The Kier molecular flexibility index (Phi) is 4.00. The minimum Gasteiger partial charge on any atom is -0.468 e. The van der Waals surface area contributed by atoms with E-state index in [4.69, 9.17) is 4.42 Å². The van der Waals surface area contributed by atoms with Gasteiger partial charge in [0.25, 0.3) is 0 Å². The van der Waals surface area contributed by atoms with Gasteiger partial charge in [0.1, 0.15) is 12.1 Å². The second-order valence-corrected chi connectivity index (χ2v) is 4.64. The largest absolute Gasteiger partial charge is 0.468 e. The summed E-state index contributed by atoms with van der Waals surface area (Å²) in [5, 5.41) is 14.3. The first-order chi connectivity index (χ1) is 9.13. The van der Waals surface area contributed by atoms with Crippen LogP contribution in [-0.4, -0.2) is 21.4 Å². The molecule has 0 aliphatic heterocycles. The minimum absolute atomic E-state index is 0.116. The van der Waals surface area contributed by atoms with Crippen LogP contribution >= 0.6 is 11.8 Å². The number of nitro groups is 1. The first-order valence-corrected chi connectivity index (χ1v) is 6.40. The number of anilines is 1. The Balaban J connectivity index is 2.42. The summed E-state index contributed by atoms with van der Waals surface area (Å²) in [5.74, 6) is 0.925. The predicted molar refractivity (Wildman–Crippen MR) is 70.4 cm³/mol. The third-order valence-electron chi connectivity index (χ3n) is 2.33. The molecule has 19 heavy (non-hydrogen) atoms. The van der Waals surface area contributed by atoms with Gasteiger partial charge in [-0.2, -0.15) is 0 Å². The van der Waals surface area contributed by atoms with E-state index in [0.29, 0.717) is 17.3 Å². The number of nitrogens with zero attached hydrogens (tertiary/aromatic N) is 3. The highest BCUT2D eigenvalue weighted by Crippen LogP contribution is 2.37. The average Bonchev–Trinajstić information content (AvgIpc) is 2.75. The van der Waals surface area contributed by atoms with Crippen LogP contribution in [0.4, 0.5) is 11.5 Å². The van der Waals surface area contributed by atoms with Gasteiger partial charge in [-0.25, -0.2) is 9.97 Å². The van der Waals surface area contributed by atoms with Gasteiger partial charge in [-0.05, 0) is 19.9 Å². The molecule has 0 aliphatic rings. The molecule has 8 heteroatoms. The van der Waals surface area contributed by atoms with Gasteiger partial charge in [0, 0.05) is 6.54 Å². The first kappa shape index (κ1) is 13.3. The lowest BCUT2D eigenvalue weighted by Gasteiger charge is -2.06. The number of aromatic nitrogens is 2. The number of rotatable bonds is 5. The fraction of sp³-hybridized carbons (Fsp3) is 0.273. The summed E-state index contributed by atoms with van der Waals surface area (Å²) < 4.78 is 5.17. The van der Waals surface area contributed by atoms with Crippen molar-refractivity contribution >= 4 is 23.3 Å². The van der Waals surface area contributed by atoms with Crippen LogP contribution in [0.5, 0.6) is 0 Å². The fourth-order valence-corrected chi connectivity index (χ4v) is 2.37. The van der Waals surface area contributed by atoms with Gasteiger partial charge in [-0.1, -0.05) is 11.8 Å². The maximum Gasteiger partial charge on any atom is 0.343 e. The molecule has 2 heterocycles. The Morgan fingerprint density at radius 1 is 1.53 bits per heavy atom. The van der Waals surface area contributed by atoms with E-state index in [2.05, 4.69) is 15.3 Å². The Morgan fingerprint density at radius 2 is 2.32 bits per heavy atom. The molecule has 0 aliphatic carbocycles. The number of nitrogens with one attached hydrogen (secondary N) is 1.